The lowest BCUT2D eigenvalue weighted by Crippen LogP contribution is -2.22. The van der Waals surface area contributed by atoms with Crippen LogP contribution in [-0.4, -0.2) is 36.3 Å². The molecule has 0 radical (unpaired) electrons. The first-order valence-corrected chi connectivity index (χ1v) is 9.27. The number of hydrogen-bond donors (Lipinski definition) is 1. The highest BCUT2D eigenvalue weighted by Crippen LogP contribution is 2.15. The van der Waals surface area contributed by atoms with Crippen LogP contribution in [0.25, 0.3) is 11.4 Å². The van der Waals surface area contributed by atoms with Gasteiger partial charge >= 0.3 is 0 Å². The number of aromatic nitrogens is 6. The molecular weight excluding hydrogens is 400 g/mol. The van der Waals surface area contributed by atoms with E-state index in [0.717, 1.165) is 16.9 Å². The van der Waals surface area contributed by atoms with Gasteiger partial charge in [-0.15, -0.1) is 20.4 Å². The molecular formula is C18H13F2N7OS. The maximum absolute atomic E-state index is 13.0. The molecule has 0 aliphatic carbocycles. The van der Waals surface area contributed by atoms with E-state index in [1.165, 1.54) is 29.1 Å². The molecule has 0 aliphatic rings. The largest absolute Gasteiger partial charge is 0.346 e. The van der Waals surface area contributed by atoms with Gasteiger partial charge in [0.15, 0.2) is 0 Å². The molecule has 1 N–H and O–H groups in total. The Morgan fingerprint density at radius 1 is 0.966 bits per heavy atom. The van der Waals surface area contributed by atoms with Crippen LogP contribution in [0, 0.1) is 11.6 Å². The van der Waals surface area contributed by atoms with Crippen LogP contribution in [-0.2, 0) is 13.1 Å². The molecule has 0 atom stereocenters. The molecule has 0 spiro atoms. The summed E-state index contributed by atoms with van der Waals surface area (Å²) in [4.78, 5) is 13.5. The zero-order valence-electron chi connectivity index (χ0n) is 14.8. The smallest absolute Gasteiger partial charge is 0.282 e. The van der Waals surface area contributed by atoms with Crippen molar-refractivity contribution >= 4 is 17.2 Å². The molecule has 8 nitrogen and oxygen atoms in total. The van der Waals surface area contributed by atoms with E-state index < -0.39 is 0 Å². The fourth-order valence-corrected chi connectivity index (χ4v) is 3.15. The summed E-state index contributed by atoms with van der Waals surface area (Å²) in [6, 6.07) is 11.6. The normalized spacial score (nSPS) is 10.8. The van der Waals surface area contributed by atoms with Gasteiger partial charge in [0.25, 0.3) is 5.91 Å². The second-order valence-electron chi connectivity index (χ2n) is 5.96. The minimum Gasteiger partial charge on any atom is -0.346 e. The maximum Gasteiger partial charge on any atom is 0.282 e. The molecule has 2 heterocycles. The first-order chi connectivity index (χ1) is 14.1. The average Bonchev–Trinajstić information content (AvgIpc) is 3.38. The van der Waals surface area contributed by atoms with Crippen LogP contribution in [0.5, 0.6) is 0 Å². The average molecular weight is 413 g/mol. The number of tetrazole rings is 1. The summed E-state index contributed by atoms with van der Waals surface area (Å²) in [7, 11) is 0. The molecule has 0 fully saturated rings. The summed E-state index contributed by atoms with van der Waals surface area (Å²) < 4.78 is 25.9. The number of carbonyl (C=O) groups is 1. The van der Waals surface area contributed by atoms with Crippen molar-refractivity contribution in [2.24, 2.45) is 0 Å². The number of rotatable bonds is 6. The van der Waals surface area contributed by atoms with Crippen molar-refractivity contribution in [1.29, 1.82) is 0 Å². The summed E-state index contributed by atoms with van der Waals surface area (Å²) in [5.41, 5.74) is 1.40. The Morgan fingerprint density at radius 3 is 2.38 bits per heavy atom. The molecule has 0 saturated carbocycles. The quantitative estimate of drug-likeness (QED) is 0.521. The summed E-state index contributed by atoms with van der Waals surface area (Å²) >= 11 is 1.11. The van der Waals surface area contributed by atoms with E-state index in [-0.39, 0.29) is 35.6 Å². The van der Waals surface area contributed by atoms with Crippen molar-refractivity contribution in [3.05, 3.63) is 75.7 Å². The molecule has 0 bridgehead atoms. The zero-order valence-corrected chi connectivity index (χ0v) is 15.6. The van der Waals surface area contributed by atoms with E-state index in [4.69, 9.17) is 0 Å². The van der Waals surface area contributed by atoms with E-state index >= 15 is 0 Å². The molecule has 0 aliphatic heterocycles. The van der Waals surface area contributed by atoms with Crippen molar-refractivity contribution in [3.63, 3.8) is 0 Å². The second kappa shape index (κ2) is 8.19. The van der Waals surface area contributed by atoms with Crippen LogP contribution < -0.4 is 5.32 Å². The highest BCUT2D eigenvalue weighted by Gasteiger charge is 2.14. The Kier molecular flexibility index (Phi) is 5.29. The lowest BCUT2D eigenvalue weighted by Gasteiger charge is -2.02. The van der Waals surface area contributed by atoms with Crippen LogP contribution in [0.1, 0.15) is 20.4 Å². The fraction of sp³-hybridized carbons (Fsp3) is 0.111. The Bertz CT molecular complexity index is 1130. The van der Waals surface area contributed by atoms with Crippen molar-refractivity contribution in [1.82, 2.24) is 35.7 Å². The summed E-state index contributed by atoms with van der Waals surface area (Å²) in [6.07, 6.45) is 0. The third kappa shape index (κ3) is 4.63. The fourth-order valence-electron chi connectivity index (χ4n) is 2.42. The highest BCUT2D eigenvalue weighted by molar-refractivity contribution is 7.13. The maximum atomic E-state index is 13.0. The summed E-state index contributed by atoms with van der Waals surface area (Å²) in [5.74, 6) is -0.707. The molecule has 0 saturated heterocycles. The number of amides is 1. The standard InChI is InChI=1S/C18H13F2N7OS/c19-13-5-1-11(2-6-13)9-21-17(28)18-24-22-15(29-18)10-27-25-16(23-26-27)12-3-7-14(20)8-4-12/h1-8H,9-10H2,(H,21,28). The first-order valence-electron chi connectivity index (χ1n) is 8.45. The van der Waals surface area contributed by atoms with E-state index in [1.54, 1.807) is 24.3 Å². The van der Waals surface area contributed by atoms with Gasteiger partial charge < -0.3 is 5.32 Å². The molecule has 2 aromatic carbocycles. The van der Waals surface area contributed by atoms with Crippen molar-refractivity contribution in [3.8, 4) is 11.4 Å². The minimum atomic E-state index is -0.378. The van der Waals surface area contributed by atoms with Gasteiger partial charge in [-0.3, -0.25) is 4.79 Å². The Labute approximate surface area is 167 Å². The Morgan fingerprint density at radius 2 is 1.66 bits per heavy atom. The molecule has 146 valence electrons. The molecule has 11 heteroatoms. The third-order valence-electron chi connectivity index (χ3n) is 3.86. The van der Waals surface area contributed by atoms with Gasteiger partial charge in [0.05, 0.1) is 0 Å². The van der Waals surface area contributed by atoms with Gasteiger partial charge in [-0.1, -0.05) is 23.5 Å². The van der Waals surface area contributed by atoms with Crippen LogP contribution in [0.4, 0.5) is 8.78 Å². The molecule has 4 aromatic rings. The van der Waals surface area contributed by atoms with Crippen LogP contribution in [0.2, 0.25) is 0 Å². The second-order valence-corrected chi connectivity index (χ2v) is 7.02. The first kappa shape index (κ1) is 18.7. The number of hydrogen-bond acceptors (Lipinski definition) is 7. The van der Waals surface area contributed by atoms with E-state index in [9.17, 15) is 13.6 Å². The predicted octanol–water partition coefficient (Wildman–Crippen LogP) is 2.45. The number of carbonyl (C=O) groups excluding carboxylic acids is 1. The van der Waals surface area contributed by atoms with Crippen LogP contribution >= 0.6 is 11.3 Å². The van der Waals surface area contributed by atoms with Crippen LogP contribution in [0.3, 0.4) is 0 Å². The third-order valence-corrected chi connectivity index (χ3v) is 4.77. The number of nitrogens with zero attached hydrogens (tertiary/aromatic N) is 6. The molecule has 2 aromatic heterocycles. The molecule has 4 rings (SSSR count). The molecule has 1 amide bonds. The van der Waals surface area contributed by atoms with E-state index in [2.05, 4.69) is 30.9 Å². The number of halogens is 2. The van der Waals surface area contributed by atoms with Crippen molar-refractivity contribution < 1.29 is 13.6 Å². The van der Waals surface area contributed by atoms with E-state index in [0.29, 0.717) is 16.4 Å². The van der Waals surface area contributed by atoms with Crippen molar-refractivity contribution in [2.45, 2.75) is 13.1 Å². The monoisotopic (exact) mass is 413 g/mol. The van der Waals surface area contributed by atoms with Gasteiger partial charge in [0.1, 0.15) is 23.2 Å². The Balaban J connectivity index is 1.37. The number of nitrogens with one attached hydrogen (secondary N) is 1. The van der Waals surface area contributed by atoms with Crippen LogP contribution in [0.15, 0.2) is 48.5 Å². The number of benzene rings is 2. The van der Waals surface area contributed by atoms with Gasteiger partial charge in [-0.2, -0.15) is 4.80 Å². The molecule has 0 unspecified atom stereocenters. The molecule has 29 heavy (non-hydrogen) atoms. The lowest BCUT2D eigenvalue weighted by atomic mass is 10.2. The van der Waals surface area contributed by atoms with Gasteiger partial charge in [0.2, 0.25) is 10.8 Å². The predicted molar refractivity (Wildman–Crippen MR) is 99.8 cm³/mol. The summed E-state index contributed by atoms with van der Waals surface area (Å²) in [5, 5.41) is 23.4. The highest BCUT2D eigenvalue weighted by atomic mass is 32.1. The van der Waals surface area contributed by atoms with Gasteiger partial charge in [0, 0.05) is 12.1 Å². The topological polar surface area (TPSA) is 98.5 Å². The lowest BCUT2D eigenvalue weighted by molar-refractivity contribution is 0.0950. The zero-order chi connectivity index (χ0) is 20.2. The Hall–Kier alpha value is -3.60. The minimum absolute atomic E-state index is 0.192. The SMILES string of the molecule is O=C(NCc1ccc(F)cc1)c1nnc(Cn2nnc(-c3ccc(F)cc3)n2)s1. The van der Waals surface area contributed by atoms with Gasteiger partial charge in [-0.05, 0) is 47.2 Å². The summed E-state index contributed by atoms with van der Waals surface area (Å²) in [6.45, 7) is 0.441. The van der Waals surface area contributed by atoms with Crippen molar-refractivity contribution in [2.75, 3.05) is 0 Å². The van der Waals surface area contributed by atoms with Gasteiger partial charge in [-0.25, -0.2) is 8.78 Å². The van der Waals surface area contributed by atoms with E-state index in [1.807, 2.05) is 0 Å².